The SMILES string of the molecule is O=C(C[n+]1ccc(C(=O)NCCO)cc1)c1ccc(F)cc1.[Br-]. The van der Waals surface area contributed by atoms with E-state index in [1.165, 1.54) is 24.3 Å². The molecular weight excluding hydrogens is 367 g/mol. The van der Waals surface area contributed by atoms with Crippen molar-refractivity contribution in [1.82, 2.24) is 5.32 Å². The third kappa shape index (κ3) is 5.54. The van der Waals surface area contributed by atoms with Crippen LogP contribution in [-0.2, 0) is 6.54 Å². The molecule has 0 radical (unpaired) electrons. The molecule has 1 amide bonds. The molecule has 0 saturated heterocycles. The Labute approximate surface area is 143 Å². The van der Waals surface area contributed by atoms with Crippen LogP contribution in [0.2, 0.25) is 0 Å². The Morgan fingerprint density at radius 1 is 1.04 bits per heavy atom. The molecule has 0 aliphatic rings. The van der Waals surface area contributed by atoms with Crippen molar-refractivity contribution >= 4 is 11.7 Å². The molecule has 0 saturated carbocycles. The molecule has 0 aliphatic carbocycles. The highest BCUT2D eigenvalue weighted by Crippen LogP contribution is 2.04. The van der Waals surface area contributed by atoms with Crippen molar-refractivity contribution in [3.63, 3.8) is 0 Å². The van der Waals surface area contributed by atoms with Crippen LogP contribution in [0.4, 0.5) is 4.39 Å². The van der Waals surface area contributed by atoms with Crippen LogP contribution < -0.4 is 26.9 Å². The van der Waals surface area contributed by atoms with Crippen molar-refractivity contribution in [2.45, 2.75) is 6.54 Å². The molecule has 0 spiro atoms. The maximum absolute atomic E-state index is 12.8. The number of aliphatic hydroxyl groups excluding tert-OH is 1. The molecular formula is C16H16BrFN2O3. The average Bonchev–Trinajstić information content (AvgIpc) is 2.54. The molecule has 1 aromatic carbocycles. The lowest BCUT2D eigenvalue weighted by Gasteiger charge is -2.02. The molecule has 0 unspecified atom stereocenters. The zero-order chi connectivity index (χ0) is 15.9. The van der Waals surface area contributed by atoms with E-state index in [1.807, 2.05) is 0 Å². The van der Waals surface area contributed by atoms with E-state index in [4.69, 9.17) is 5.11 Å². The van der Waals surface area contributed by atoms with Crippen molar-refractivity contribution in [3.05, 3.63) is 65.7 Å². The number of carbonyl (C=O) groups excluding carboxylic acids is 2. The van der Waals surface area contributed by atoms with E-state index in [9.17, 15) is 14.0 Å². The van der Waals surface area contributed by atoms with Crippen molar-refractivity contribution in [3.8, 4) is 0 Å². The summed E-state index contributed by atoms with van der Waals surface area (Å²) in [5, 5.41) is 11.2. The summed E-state index contributed by atoms with van der Waals surface area (Å²) in [7, 11) is 0. The van der Waals surface area contributed by atoms with Gasteiger partial charge in [-0.2, -0.15) is 4.57 Å². The van der Waals surface area contributed by atoms with E-state index in [-0.39, 0.29) is 54.2 Å². The highest BCUT2D eigenvalue weighted by Gasteiger charge is 2.13. The van der Waals surface area contributed by atoms with E-state index in [0.717, 1.165) is 0 Å². The molecule has 5 nitrogen and oxygen atoms in total. The quantitative estimate of drug-likeness (QED) is 0.437. The number of carbonyl (C=O) groups is 2. The van der Waals surface area contributed by atoms with Gasteiger partial charge < -0.3 is 27.4 Å². The summed E-state index contributed by atoms with van der Waals surface area (Å²) < 4.78 is 14.4. The van der Waals surface area contributed by atoms with Gasteiger partial charge >= 0.3 is 0 Å². The number of nitrogens with zero attached hydrogens (tertiary/aromatic N) is 1. The van der Waals surface area contributed by atoms with Crippen LogP contribution in [0.15, 0.2) is 48.8 Å². The molecule has 0 bridgehead atoms. The highest BCUT2D eigenvalue weighted by atomic mass is 79.9. The van der Waals surface area contributed by atoms with Gasteiger partial charge in [-0.1, -0.05) is 0 Å². The van der Waals surface area contributed by atoms with Crippen molar-refractivity contribution < 1.29 is 40.6 Å². The zero-order valence-corrected chi connectivity index (χ0v) is 13.8. The first-order valence-electron chi connectivity index (χ1n) is 6.77. The second kappa shape index (κ2) is 9.12. The lowest BCUT2D eigenvalue weighted by Crippen LogP contribution is -3.00. The van der Waals surface area contributed by atoms with E-state index in [2.05, 4.69) is 5.32 Å². The molecule has 0 fully saturated rings. The zero-order valence-electron chi connectivity index (χ0n) is 12.2. The van der Waals surface area contributed by atoms with Gasteiger partial charge in [0.25, 0.3) is 5.91 Å². The Kier molecular flexibility index (Phi) is 7.50. The number of hydrogen-bond donors (Lipinski definition) is 2. The Morgan fingerprint density at radius 3 is 2.22 bits per heavy atom. The molecule has 23 heavy (non-hydrogen) atoms. The van der Waals surface area contributed by atoms with Gasteiger partial charge in [0.1, 0.15) is 5.82 Å². The molecule has 1 aromatic heterocycles. The first-order chi connectivity index (χ1) is 10.6. The fraction of sp³-hybridized carbons (Fsp3) is 0.188. The van der Waals surface area contributed by atoms with Gasteiger partial charge in [0.15, 0.2) is 12.4 Å². The first kappa shape index (κ1) is 18.9. The largest absolute Gasteiger partial charge is 1.00 e. The van der Waals surface area contributed by atoms with Gasteiger partial charge in [-0.05, 0) is 24.3 Å². The van der Waals surface area contributed by atoms with E-state index in [0.29, 0.717) is 11.1 Å². The smallest absolute Gasteiger partial charge is 0.251 e. The van der Waals surface area contributed by atoms with Crippen LogP contribution in [0.1, 0.15) is 20.7 Å². The van der Waals surface area contributed by atoms with Gasteiger partial charge in [-0.25, -0.2) is 4.39 Å². The normalized spacial score (nSPS) is 9.83. The Hall–Kier alpha value is -2.12. The Morgan fingerprint density at radius 2 is 1.65 bits per heavy atom. The number of hydrogen-bond acceptors (Lipinski definition) is 3. The summed E-state index contributed by atoms with van der Waals surface area (Å²) in [5.41, 5.74) is 0.873. The third-order valence-electron chi connectivity index (χ3n) is 3.04. The molecule has 2 aromatic rings. The molecule has 122 valence electrons. The maximum atomic E-state index is 12.8. The topological polar surface area (TPSA) is 70.3 Å². The molecule has 2 N–H and O–H groups in total. The number of amides is 1. The second-order valence-corrected chi connectivity index (χ2v) is 4.67. The number of benzene rings is 1. The minimum absolute atomic E-state index is 0. The number of rotatable bonds is 6. The summed E-state index contributed by atoms with van der Waals surface area (Å²) in [6, 6.07) is 8.54. The van der Waals surface area contributed by atoms with Crippen LogP contribution in [0.25, 0.3) is 0 Å². The minimum atomic E-state index is -0.387. The first-order valence-corrected chi connectivity index (χ1v) is 6.77. The number of aliphatic hydroxyl groups is 1. The van der Waals surface area contributed by atoms with Crippen molar-refractivity contribution in [2.24, 2.45) is 0 Å². The standard InChI is InChI=1S/C16H15FN2O3.BrH/c17-14-3-1-12(2-4-14)15(21)11-19-8-5-13(6-9-19)16(22)18-7-10-20;/h1-6,8-9,20H,7,10-11H2;1H. The monoisotopic (exact) mass is 382 g/mol. The molecule has 1 heterocycles. The minimum Gasteiger partial charge on any atom is -1.00 e. The second-order valence-electron chi connectivity index (χ2n) is 4.67. The van der Waals surface area contributed by atoms with Crippen LogP contribution in [0.3, 0.4) is 0 Å². The molecule has 0 aliphatic heterocycles. The Bertz CT molecular complexity index is 660. The van der Waals surface area contributed by atoms with E-state index >= 15 is 0 Å². The van der Waals surface area contributed by atoms with Gasteiger partial charge in [-0.3, -0.25) is 9.59 Å². The predicted octanol–water partition coefficient (Wildman–Crippen LogP) is -2.28. The number of Topliss-reactive ketones (excluding diaryl/α,β-unsaturated/α-hetero) is 1. The summed E-state index contributed by atoms with van der Waals surface area (Å²) in [4.78, 5) is 23.7. The molecule has 2 rings (SSSR count). The maximum Gasteiger partial charge on any atom is 0.251 e. The highest BCUT2D eigenvalue weighted by molar-refractivity contribution is 5.95. The van der Waals surface area contributed by atoms with E-state index in [1.54, 1.807) is 29.1 Å². The fourth-order valence-electron chi connectivity index (χ4n) is 1.88. The summed E-state index contributed by atoms with van der Waals surface area (Å²) in [5.74, 6) is -0.823. The molecule has 7 heteroatoms. The predicted molar refractivity (Wildman–Crippen MR) is 76.8 cm³/mol. The number of nitrogens with one attached hydrogen (secondary N) is 1. The van der Waals surface area contributed by atoms with Crippen LogP contribution in [-0.4, -0.2) is 29.9 Å². The lowest BCUT2D eigenvalue weighted by atomic mass is 10.1. The third-order valence-corrected chi connectivity index (χ3v) is 3.04. The van der Waals surface area contributed by atoms with Gasteiger partial charge in [0, 0.05) is 24.2 Å². The summed E-state index contributed by atoms with van der Waals surface area (Å²) in [6.45, 7) is 0.172. The fourth-order valence-corrected chi connectivity index (χ4v) is 1.88. The van der Waals surface area contributed by atoms with Crippen molar-refractivity contribution in [2.75, 3.05) is 13.2 Å². The number of pyridine rings is 1. The van der Waals surface area contributed by atoms with Crippen LogP contribution >= 0.6 is 0 Å². The average molecular weight is 383 g/mol. The van der Waals surface area contributed by atoms with Crippen LogP contribution in [0.5, 0.6) is 0 Å². The van der Waals surface area contributed by atoms with Crippen LogP contribution in [0, 0.1) is 5.82 Å². The lowest BCUT2D eigenvalue weighted by molar-refractivity contribution is -0.683. The number of ketones is 1. The molecule has 0 atom stereocenters. The van der Waals surface area contributed by atoms with Gasteiger partial charge in [-0.15, -0.1) is 0 Å². The van der Waals surface area contributed by atoms with E-state index < -0.39 is 0 Å². The summed E-state index contributed by atoms with van der Waals surface area (Å²) >= 11 is 0. The Balaban J connectivity index is 0.00000264. The van der Waals surface area contributed by atoms with Gasteiger partial charge in [0.2, 0.25) is 12.3 Å². The number of aromatic nitrogens is 1. The summed E-state index contributed by atoms with van der Waals surface area (Å²) in [6.07, 6.45) is 3.24. The number of halogens is 2. The van der Waals surface area contributed by atoms with Crippen molar-refractivity contribution in [1.29, 1.82) is 0 Å². The van der Waals surface area contributed by atoms with Gasteiger partial charge in [0.05, 0.1) is 12.2 Å².